The first-order valence-corrected chi connectivity index (χ1v) is 7.01. The van der Waals surface area contributed by atoms with Gasteiger partial charge in [-0.3, -0.25) is 9.69 Å². The molecular weight excluding hydrogens is 198 g/mol. The molecule has 0 amide bonds. The number of carbonyl (C=O) groups excluding carboxylic acids is 1. The van der Waals surface area contributed by atoms with Gasteiger partial charge in [-0.05, 0) is 38.1 Å². The van der Waals surface area contributed by atoms with Crippen LogP contribution in [0.3, 0.4) is 0 Å². The van der Waals surface area contributed by atoms with Crippen LogP contribution < -0.4 is 0 Å². The molecule has 0 aliphatic heterocycles. The fourth-order valence-corrected chi connectivity index (χ4v) is 3.01. The van der Waals surface area contributed by atoms with Crippen LogP contribution in [-0.2, 0) is 4.79 Å². The number of carbonyl (C=O) groups is 1. The Balaban J connectivity index is 1.87. The number of Topliss-reactive ketones (excluding diaryl/α,β-unsaturated/α-hetero) is 1. The molecule has 2 heteroatoms. The number of hydrogen-bond donors (Lipinski definition) is 0. The molecule has 2 aliphatic carbocycles. The summed E-state index contributed by atoms with van der Waals surface area (Å²) >= 11 is 0. The molecule has 0 N–H and O–H groups in total. The number of rotatable bonds is 5. The maximum absolute atomic E-state index is 11.9. The average Bonchev–Trinajstić information content (AvgIpc) is 3.12. The summed E-state index contributed by atoms with van der Waals surface area (Å²) in [5.41, 5.74) is 0. The van der Waals surface area contributed by atoms with Crippen LogP contribution in [-0.4, -0.2) is 29.8 Å². The first-order chi connectivity index (χ1) is 7.74. The summed E-state index contributed by atoms with van der Waals surface area (Å²) in [5, 5.41) is 0. The molecule has 2 fully saturated rings. The van der Waals surface area contributed by atoms with Crippen molar-refractivity contribution in [2.75, 3.05) is 13.1 Å². The minimum atomic E-state index is 0.347. The molecule has 2 atom stereocenters. The molecular formula is C14H25NO. The van der Waals surface area contributed by atoms with Crippen LogP contribution in [0.4, 0.5) is 0 Å². The van der Waals surface area contributed by atoms with E-state index in [4.69, 9.17) is 0 Å². The molecule has 0 radical (unpaired) electrons. The molecule has 2 rings (SSSR count). The Morgan fingerprint density at radius 2 is 2.00 bits per heavy atom. The summed E-state index contributed by atoms with van der Waals surface area (Å²) in [6.07, 6.45) is 7.09. The lowest BCUT2D eigenvalue weighted by Crippen LogP contribution is -2.37. The zero-order valence-electron chi connectivity index (χ0n) is 10.7. The maximum Gasteiger partial charge on any atom is 0.137 e. The largest absolute Gasteiger partial charge is 0.300 e. The molecule has 92 valence electrons. The quantitative estimate of drug-likeness (QED) is 0.714. The van der Waals surface area contributed by atoms with Crippen molar-refractivity contribution >= 4 is 5.78 Å². The van der Waals surface area contributed by atoms with Crippen molar-refractivity contribution in [3.63, 3.8) is 0 Å². The first-order valence-electron chi connectivity index (χ1n) is 7.01. The summed E-state index contributed by atoms with van der Waals surface area (Å²) in [5.74, 6) is 1.68. The van der Waals surface area contributed by atoms with E-state index in [1.54, 1.807) is 0 Å². The summed E-state index contributed by atoms with van der Waals surface area (Å²) in [6.45, 7) is 6.64. The molecule has 0 bridgehead atoms. The fourth-order valence-electron chi connectivity index (χ4n) is 3.01. The second-order valence-electron chi connectivity index (χ2n) is 5.53. The van der Waals surface area contributed by atoms with Crippen LogP contribution in [0.15, 0.2) is 0 Å². The zero-order chi connectivity index (χ0) is 11.5. The van der Waals surface area contributed by atoms with E-state index < -0.39 is 0 Å². The molecule has 2 unspecified atom stereocenters. The second kappa shape index (κ2) is 5.31. The topological polar surface area (TPSA) is 20.3 Å². The Bertz CT molecular complexity index is 247. The van der Waals surface area contributed by atoms with Crippen molar-refractivity contribution in [3.8, 4) is 0 Å². The summed E-state index contributed by atoms with van der Waals surface area (Å²) in [6, 6.07) is 0.805. The van der Waals surface area contributed by atoms with E-state index in [0.717, 1.165) is 44.3 Å². The van der Waals surface area contributed by atoms with Gasteiger partial charge in [0, 0.05) is 24.9 Å². The molecule has 0 heterocycles. The average molecular weight is 223 g/mol. The van der Waals surface area contributed by atoms with E-state index in [9.17, 15) is 4.79 Å². The lowest BCUT2D eigenvalue weighted by molar-refractivity contribution is -0.126. The van der Waals surface area contributed by atoms with Gasteiger partial charge in [0.25, 0.3) is 0 Å². The smallest absolute Gasteiger partial charge is 0.137 e. The molecule has 0 aromatic heterocycles. The predicted molar refractivity (Wildman–Crippen MR) is 66.4 cm³/mol. The van der Waals surface area contributed by atoms with Gasteiger partial charge >= 0.3 is 0 Å². The molecule has 16 heavy (non-hydrogen) atoms. The molecule has 0 spiro atoms. The molecule has 0 aromatic carbocycles. The van der Waals surface area contributed by atoms with Gasteiger partial charge in [-0.25, -0.2) is 0 Å². The monoisotopic (exact) mass is 223 g/mol. The van der Waals surface area contributed by atoms with Gasteiger partial charge < -0.3 is 0 Å². The SMILES string of the molecule is CCC1CCC(=O)C(CN(CC)C2CC2)C1. The van der Waals surface area contributed by atoms with Crippen LogP contribution in [0, 0.1) is 11.8 Å². The van der Waals surface area contributed by atoms with Crippen LogP contribution in [0.2, 0.25) is 0 Å². The van der Waals surface area contributed by atoms with Crippen LogP contribution in [0.25, 0.3) is 0 Å². The van der Waals surface area contributed by atoms with E-state index in [1.165, 1.54) is 19.3 Å². The number of hydrogen-bond acceptors (Lipinski definition) is 2. The Morgan fingerprint density at radius 1 is 1.25 bits per heavy atom. The summed E-state index contributed by atoms with van der Waals surface area (Å²) in [4.78, 5) is 14.5. The lowest BCUT2D eigenvalue weighted by Gasteiger charge is -2.31. The highest BCUT2D eigenvalue weighted by atomic mass is 16.1. The zero-order valence-corrected chi connectivity index (χ0v) is 10.7. The Labute approximate surface area is 99.4 Å². The molecule has 0 saturated heterocycles. The van der Waals surface area contributed by atoms with Gasteiger partial charge in [-0.15, -0.1) is 0 Å². The van der Waals surface area contributed by atoms with E-state index in [1.807, 2.05) is 0 Å². The molecule has 0 aromatic rings. The van der Waals surface area contributed by atoms with Gasteiger partial charge in [0.1, 0.15) is 5.78 Å². The van der Waals surface area contributed by atoms with Gasteiger partial charge in [0.05, 0.1) is 0 Å². The van der Waals surface area contributed by atoms with Gasteiger partial charge in [0.15, 0.2) is 0 Å². The van der Waals surface area contributed by atoms with Crippen molar-refractivity contribution in [3.05, 3.63) is 0 Å². The minimum Gasteiger partial charge on any atom is -0.300 e. The predicted octanol–water partition coefficient (Wildman–Crippen LogP) is 2.87. The lowest BCUT2D eigenvalue weighted by atomic mass is 9.79. The van der Waals surface area contributed by atoms with Crippen molar-refractivity contribution in [2.45, 2.75) is 58.4 Å². The highest BCUT2D eigenvalue weighted by Gasteiger charge is 2.33. The van der Waals surface area contributed by atoms with Crippen LogP contribution >= 0.6 is 0 Å². The van der Waals surface area contributed by atoms with Gasteiger partial charge in [-0.2, -0.15) is 0 Å². The van der Waals surface area contributed by atoms with Gasteiger partial charge in [0.2, 0.25) is 0 Å². The third-order valence-corrected chi connectivity index (χ3v) is 4.37. The van der Waals surface area contributed by atoms with Crippen molar-refractivity contribution in [1.82, 2.24) is 4.90 Å². The molecule has 2 aliphatic rings. The number of nitrogens with zero attached hydrogens (tertiary/aromatic N) is 1. The fraction of sp³-hybridized carbons (Fsp3) is 0.929. The van der Waals surface area contributed by atoms with Gasteiger partial charge in [-0.1, -0.05) is 20.3 Å². The Morgan fingerprint density at radius 3 is 2.56 bits per heavy atom. The Kier molecular flexibility index (Phi) is 4.01. The van der Waals surface area contributed by atoms with Crippen molar-refractivity contribution < 1.29 is 4.79 Å². The summed E-state index contributed by atoms with van der Waals surface area (Å²) < 4.78 is 0. The van der Waals surface area contributed by atoms with Crippen molar-refractivity contribution in [1.29, 1.82) is 0 Å². The standard InChI is InChI=1S/C14H25NO/c1-3-11-5-8-14(16)12(9-11)10-15(4-2)13-6-7-13/h11-13H,3-10H2,1-2H3. The van der Waals surface area contributed by atoms with Crippen LogP contribution in [0.5, 0.6) is 0 Å². The maximum atomic E-state index is 11.9. The van der Waals surface area contributed by atoms with E-state index >= 15 is 0 Å². The summed E-state index contributed by atoms with van der Waals surface area (Å²) in [7, 11) is 0. The Hall–Kier alpha value is -0.370. The van der Waals surface area contributed by atoms with E-state index in [0.29, 0.717) is 11.7 Å². The highest BCUT2D eigenvalue weighted by molar-refractivity contribution is 5.81. The second-order valence-corrected chi connectivity index (χ2v) is 5.53. The highest BCUT2D eigenvalue weighted by Crippen LogP contribution is 2.32. The minimum absolute atomic E-state index is 0.347. The third kappa shape index (κ3) is 2.85. The first kappa shape index (κ1) is 12.1. The molecule has 2 saturated carbocycles. The number of ketones is 1. The van der Waals surface area contributed by atoms with Crippen LogP contribution in [0.1, 0.15) is 52.4 Å². The normalized spacial score (nSPS) is 31.1. The third-order valence-electron chi connectivity index (χ3n) is 4.37. The van der Waals surface area contributed by atoms with E-state index in [2.05, 4.69) is 18.7 Å². The van der Waals surface area contributed by atoms with Crippen molar-refractivity contribution in [2.24, 2.45) is 11.8 Å². The van der Waals surface area contributed by atoms with E-state index in [-0.39, 0.29) is 0 Å². The molecule has 2 nitrogen and oxygen atoms in total.